The van der Waals surface area contributed by atoms with E-state index in [4.69, 9.17) is 5.73 Å². The van der Waals surface area contributed by atoms with Gasteiger partial charge in [0.2, 0.25) is 0 Å². The summed E-state index contributed by atoms with van der Waals surface area (Å²) < 4.78 is 0. The molecular weight excluding hydrogens is 192 g/mol. The van der Waals surface area contributed by atoms with Crippen molar-refractivity contribution in [2.45, 2.75) is 46.2 Å². The van der Waals surface area contributed by atoms with Gasteiger partial charge >= 0.3 is 0 Å². The van der Waals surface area contributed by atoms with Gasteiger partial charge in [-0.3, -0.25) is 4.90 Å². The summed E-state index contributed by atoms with van der Waals surface area (Å²) in [5, 5.41) is 0. The highest BCUT2D eigenvalue weighted by Crippen LogP contribution is 2.11. The molecule has 1 atom stereocenters. The van der Waals surface area contributed by atoms with E-state index in [1.807, 2.05) is 11.8 Å². The molecule has 0 aliphatic heterocycles. The summed E-state index contributed by atoms with van der Waals surface area (Å²) in [5.74, 6) is 2.45. The van der Waals surface area contributed by atoms with Crippen LogP contribution in [0.3, 0.4) is 0 Å². The minimum absolute atomic E-state index is 0.569. The second-order valence-electron chi connectivity index (χ2n) is 3.80. The van der Waals surface area contributed by atoms with Crippen LogP contribution in [-0.2, 0) is 0 Å². The zero-order valence-corrected chi connectivity index (χ0v) is 10.9. The summed E-state index contributed by atoms with van der Waals surface area (Å²) in [6.45, 7) is 10.8. The van der Waals surface area contributed by atoms with Crippen LogP contribution in [0.4, 0.5) is 0 Å². The van der Waals surface area contributed by atoms with E-state index in [9.17, 15) is 0 Å². The highest BCUT2D eigenvalue weighted by Gasteiger charge is 2.17. The number of hydrogen-bond donors (Lipinski definition) is 1. The van der Waals surface area contributed by atoms with Crippen molar-refractivity contribution in [2.24, 2.45) is 5.73 Å². The molecule has 0 aromatic heterocycles. The molecule has 86 valence electrons. The summed E-state index contributed by atoms with van der Waals surface area (Å²) in [6, 6.07) is 1.18. The third-order valence-electron chi connectivity index (χ3n) is 2.57. The van der Waals surface area contributed by atoms with E-state index in [1.165, 1.54) is 17.9 Å². The van der Waals surface area contributed by atoms with Gasteiger partial charge in [-0.05, 0) is 38.3 Å². The van der Waals surface area contributed by atoms with E-state index < -0.39 is 0 Å². The monoisotopic (exact) mass is 218 g/mol. The van der Waals surface area contributed by atoms with Crippen LogP contribution in [0.25, 0.3) is 0 Å². The fraction of sp³-hybridized carbons (Fsp3) is 1.00. The number of nitrogens with two attached hydrogens (primary N) is 1. The Bertz CT molecular complexity index is 128. The topological polar surface area (TPSA) is 29.3 Å². The number of hydrogen-bond acceptors (Lipinski definition) is 3. The van der Waals surface area contributed by atoms with Gasteiger partial charge in [-0.25, -0.2) is 0 Å². The van der Waals surface area contributed by atoms with Crippen LogP contribution in [0, 0.1) is 0 Å². The minimum atomic E-state index is 0.569. The fourth-order valence-corrected chi connectivity index (χ4v) is 2.56. The molecule has 0 saturated carbocycles. The Morgan fingerprint density at radius 3 is 2.29 bits per heavy atom. The van der Waals surface area contributed by atoms with E-state index in [-0.39, 0.29) is 0 Å². The Morgan fingerprint density at radius 1 is 1.29 bits per heavy atom. The van der Waals surface area contributed by atoms with E-state index in [2.05, 4.69) is 32.6 Å². The van der Waals surface area contributed by atoms with Gasteiger partial charge in [-0.15, -0.1) is 0 Å². The molecule has 0 bridgehead atoms. The molecule has 3 heteroatoms. The first-order chi connectivity index (χ1) is 6.67. The van der Waals surface area contributed by atoms with E-state index >= 15 is 0 Å². The van der Waals surface area contributed by atoms with Crippen molar-refractivity contribution in [1.29, 1.82) is 0 Å². The van der Waals surface area contributed by atoms with Crippen LogP contribution >= 0.6 is 11.8 Å². The molecule has 0 aromatic carbocycles. The van der Waals surface area contributed by atoms with Crippen LogP contribution < -0.4 is 5.73 Å². The number of rotatable bonds is 8. The van der Waals surface area contributed by atoms with Crippen molar-refractivity contribution in [3.8, 4) is 0 Å². The first-order valence-electron chi connectivity index (χ1n) is 5.70. The zero-order valence-electron chi connectivity index (χ0n) is 10.1. The van der Waals surface area contributed by atoms with Gasteiger partial charge < -0.3 is 5.73 Å². The van der Waals surface area contributed by atoms with Crippen molar-refractivity contribution in [3.05, 3.63) is 0 Å². The number of thioether (sulfide) groups is 1. The number of nitrogens with zero attached hydrogens (tertiary/aromatic N) is 1. The van der Waals surface area contributed by atoms with Crippen LogP contribution in [0.1, 0.15) is 34.1 Å². The first kappa shape index (κ1) is 14.3. The Kier molecular flexibility index (Phi) is 8.73. The summed E-state index contributed by atoms with van der Waals surface area (Å²) >= 11 is 2.01. The molecule has 0 aliphatic rings. The van der Waals surface area contributed by atoms with E-state index in [0.29, 0.717) is 12.1 Å². The van der Waals surface area contributed by atoms with Crippen LogP contribution in [0.15, 0.2) is 0 Å². The number of likely N-dealkylation sites (N-methyl/N-ethyl adjacent to an activating group) is 1. The summed E-state index contributed by atoms with van der Waals surface area (Å²) in [4.78, 5) is 2.50. The zero-order chi connectivity index (χ0) is 11.0. The Morgan fingerprint density at radius 2 is 1.93 bits per heavy atom. The SMILES string of the molecule is CCSCCC(CN)N(CC)C(C)C. The molecule has 0 amide bonds. The van der Waals surface area contributed by atoms with Gasteiger partial charge in [0.25, 0.3) is 0 Å². The first-order valence-corrected chi connectivity index (χ1v) is 6.86. The lowest BCUT2D eigenvalue weighted by Crippen LogP contribution is -2.44. The molecular formula is C11H26N2S. The summed E-state index contributed by atoms with van der Waals surface area (Å²) in [6.07, 6.45) is 1.22. The maximum absolute atomic E-state index is 5.82. The molecule has 1 unspecified atom stereocenters. The van der Waals surface area contributed by atoms with E-state index in [0.717, 1.165) is 13.1 Å². The van der Waals surface area contributed by atoms with Crippen molar-refractivity contribution in [1.82, 2.24) is 4.90 Å². The average Bonchev–Trinajstić information content (AvgIpc) is 2.16. The second-order valence-corrected chi connectivity index (χ2v) is 5.19. The predicted molar refractivity (Wildman–Crippen MR) is 68.0 cm³/mol. The van der Waals surface area contributed by atoms with Gasteiger partial charge in [0.05, 0.1) is 0 Å². The van der Waals surface area contributed by atoms with Crippen molar-refractivity contribution in [3.63, 3.8) is 0 Å². The van der Waals surface area contributed by atoms with Crippen molar-refractivity contribution in [2.75, 3.05) is 24.6 Å². The lowest BCUT2D eigenvalue weighted by molar-refractivity contribution is 0.162. The highest BCUT2D eigenvalue weighted by atomic mass is 32.2. The lowest BCUT2D eigenvalue weighted by atomic mass is 10.1. The smallest absolute Gasteiger partial charge is 0.0228 e. The lowest BCUT2D eigenvalue weighted by Gasteiger charge is -2.33. The summed E-state index contributed by atoms with van der Waals surface area (Å²) in [7, 11) is 0. The standard InChI is InChI=1S/C11H26N2S/c1-5-13(10(3)4)11(9-12)7-8-14-6-2/h10-11H,5-9,12H2,1-4H3. The highest BCUT2D eigenvalue weighted by molar-refractivity contribution is 7.99. The molecule has 0 rings (SSSR count). The van der Waals surface area contributed by atoms with Gasteiger partial charge in [0.1, 0.15) is 0 Å². The van der Waals surface area contributed by atoms with Crippen LogP contribution in [0.5, 0.6) is 0 Å². The van der Waals surface area contributed by atoms with Gasteiger partial charge in [-0.1, -0.05) is 13.8 Å². The maximum Gasteiger partial charge on any atom is 0.0228 e. The molecule has 0 spiro atoms. The molecule has 0 heterocycles. The van der Waals surface area contributed by atoms with E-state index in [1.54, 1.807) is 0 Å². The molecule has 0 fully saturated rings. The van der Waals surface area contributed by atoms with Gasteiger partial charge in [0, 0.05) is 18.6 Å². The van der Waals surface area contributed by atoms with Crippen LogP contribution in [-0.4, -0.2) is 41.6 Å². The molecule has 0 aromatic rings. The fourth-order valence-electron chi connectivity index (χ4n) is 1.83. The minimum Gasteiger partial charge on any atom is -0.329 e. The average molecular weight is 218 g/mol. The Hall–Kier alpha value is 0.270. The molecule has 0 saturated heterocycles. The maximum atomic E-state index is 5.82. The second kappa shape index (κ2) is 8.57. The molecule has 0 aliphatic carbocycles. The predicted octanol–water partition coefficient (Wildman–Crippen LogP) is 2.19. The van der Waals surface area contributed by atoms with Gasteiger partial charge in [0.15, 0.2) is 0 Å². The summed E-state index contributed by atoms with van der Waals surface area (Å²) in [5.41, 5.74) is 5.82. The van der Waals surface area contributed by atoms with Crippen molar-refractivity contribution >= 4 is 11.8 Å². The Balaban J connectivity index is 3.95. The quantitative estimate of drug-likeness (QED) is 0.633. The van der Waals surface area contributed by atoms with Gasteiger partial charge in [-0.2, -0.15) is 11.8 Å². The molecule has 14 heavy (non-hydrogen) atoms. The van der Waals surface area contributed by atoms with Crippen molar-refractivity contribution < 1.29 is 0 Å². The molecule has 0 radical (unpaired) electrons. The third-order valence-corrected chi connectivity index (χ3v) is 3.50. The largest absolute Gasteiger partial charge is 0.329 e. The van der Waals surface area contributed by atoms with Crippen LogP contribution in [0.2, 0.25) is 0 Å². The normalized spacial score (nSPS) is 13.9. The molecule has 2 nitrogen and oxygen atoms in total. The Labute approximate surface area is 93.6 Å². The third kappa shape index (κ3) is 5.23. The molecule has 2 N–H and O–H groups in total.